The highest BCUT2D eigenvalue weighted by molar-refractivity contribution is 6.34. The van der Waals surface area contributed by atoms with Crippen molar-refractivity contribution in [1.82, 2.24) is 4.90 Å². The molecule has 0 saturated carbocycles. The second kappa shape index (κ2) is 9.85. The van der Waals surface area contributed by atoms with Crippen molar-refractivity contribution in [3.8, 4) is 0 Å². The van der Waals surface area contributed by atoms with Gasteiger partial charge in [-0.25, -0.2) is 9.18 Å². The summed E-state index contributed by atoms with van der Waals surface area (Å²) in [7, 11) is 0. The Morgan fingerprint density at radius 3 is 2.59 bits per heavy atom. The third kappa shape index (κ3) is 5.55. The number of benzene rings is 2. The standard InChI is InChI=1S/C22H24ClFN2O3/c1-2-29-22(28)18-8-7-17(13-19(18)23)25-21(27)15-9-11-26(12-10-15)14-16-5-3-4-6-20(16)24/h3-8,13,15H,2,9-12,14H2,1H3,(H,25,27). The van der Waals surface area contributed by atoms with Crippen LogP contribution in [0.5, 0.6) is 0 Å². The smallest absolute Gasteiger partial charge is 0.339 e. The van der Waals surface area contributed by atoms with E-state index in [1.165, 1.54) is 6.07 Å². The molecule has 0 spiro atoms. The molecular weight excluding hydrogens is 395 g/mol. The highest BCUT2D eigenvalue weighted by Crippen LogP contribution is 2.25. The molecule has 5 nitrogen and oxygen atoms in total. The first-order valence-electron chi connectivity index (χ1n) is 9.71. The molecule has 1 heterocycles. The quantitative estimate of drug-likeness (QED) is 0.701. The van der Waals surface area contributed by atoms with Crippen LogP contribution in [0.25, 0.3) is 0 Å². The van der Waals surface area contributed by atoms with Gasteiger partial charge in [0.05, 0.1) is 17.2 Å². The van der Waals surface area contributed by atoms with E-state index < -0.39 is 5.97 Å². The predicted octanol–water partition coefficient (Wildman–Crippen LogP) is 4.51. The maximum Gasteiger partial charge on any atom is 0.339 e. The van der Waals surface area contributed by atoms with Crippen LogP contribution < -0.4 is 5.32 Å². The zero-order valence-corrected chi connectivity index (χ0v) is 17.0. The van der Waals surface area contributed by atoms with Gasteiger partial charge in [0.25, 0.3) is 0 Å². The molecule has 0 aromatic heterocycles. The van der Waals surface area contributed by atoms with Gasteiger partial charge in [-0.3, -0.25) is 9.69 Å². The number of esters is 1. The summed E-state index contributed by atoms with van der Waals surface area (Å²) in [6, 6.07) is 11.5. The van der Waals surface area contributed by atoms with Gasteiger partial charge in [-0.15, -0.1) is 0 Å². The van der Waals surface area contributed by atoms with Crippen molar-refractivity contribution in [2.45, 2.75) is 26.3 Å². The number of halogens is 2. The summed E-state index contributed by atoms with van der Waals surface area (Å²) >= 11 is 6.15. The fourth-order valence-corrected chi connectivity index (χ4v) is 3.69. The third-order valence-corrected chi connectivity index (χ3v) is 5.35. The van der Waals surface area contributed by atoms with Crippen LogP contribution in [0.4, 0.5) is 10.1 Å². The van der Waals surface area contributed by atoms with Crippen LogP contribution in [0.2, 0.25) is 5.02 Å². The molecule has 0 unspecified atom stereocenters. The lowest BCUT2D eigenvalue weighted by Crippen LogP contribution is -2.37. The van der Waals surface area contributed by atoms with E-state index in [1.54, 1.807) is 37.3 Å². The van der Waals surface area contributed by atoms with Crippen LogP contribution in [0.1, 0.15) is 35.7 Å². The van der Waals surface area contributed by atoms with Crippen molar-refractivity contribution < 1.29 is 18.7 Å². The molecule has 0 atom stereocenters. The minimum absolute atomic E-state index is 0.0736. The van der Waals surface area contributed by atoms with Gasteiger partial charge >= 0.3 is 5.97 Å². The summed E-state index contributed by atoms with van der Waals surface area (Å²) in [5.41, 5.74) is 1.49. The van der Waals surface area contributed by atoms with E-state index in [2.05, 4.69) is 10.2 Å². The van der Waals surface area contributed by atoms with Crippen molar-refractivity contribution in [2.24, 2.45) is 5.92 Å². The molecule has 0 radical (unpaired) electrons. The molecule has 1 N–H and O–H groups in total. The number of carbonyl (C=O) groups is 2. The number of amides is 1. The van der Waals surface area contributed by atoms with Crippen molar-refractivity contribution in [1.29, 1.82) is 0 Å². The Morgan fingerprint density at radius 1 is 1.21 bits per heavy atom. The van der Waals surface area contributed by atoms with Gasteiger partial charge in [0.15, 0.2) is 0 Å². The van der Waals surface area contributed by atoms with E-state index in [9.17, 15) is 14.0 Å². The van der Waals surface area contributed by atoms with Gasteiger partial charge < -0.3 is 10.1 Å². The van der Waals surface area contributed by atoms with Crippen molar-refractivity contribution in [3.63, 3.8) is 0 Å². The van der Waals surface area contributed by atoms with Gasteiger partial charge in [-0.1, -0.05) is 29.8 Å². The highest BCUT2D eigenvalue weighted by Gasteiger charge is 2.25. The SMILES string of the molecule is CCOC(=O)c1ccc(NC(=O)C2CCN(Cc3ccccc3F)CC2)cc1Cl. The lowest BCUT2D eigenvalue weighted by Gasteiger charge is -2.31. The van der Waals surface area contributed by atoms with Gasteiger partial charge in [0.2, 0.25) is 5.91 Å². The van der Waals surface area contributed by atoms with E-state index in [0.29, 0.717) is 30.6 Å². The number of piperidine rings is 1. The predicted molar refractivity (Wildman–Crippen MR) is 110 cm³/mol. The Kier molecular flexibility index (Phi) is 7.23. The molecule has 0 aliphatic carbocycles. The van der Waals surface area contributed by atoms with E-state index >= 15 is 0 Å². The lowest BCUT2D eigenvalue weighted by molar-refractivity contribution is -0.121. The van der Waals surface area contributed by atoms with E-state index in [-0.39, 0.29) is 34.8 Å². The number of likely N-dealkylation sites (tertiary alicyclic amines) is 1. The van der Waals surface area contributed by atoms with Crippen LogP contribution in [0.15, 0.2) is 42.5 Å². The van der Waals surface area contributed by atoms with Crippen LogP contribution in [0.3, 0.4) is 0 Å². The minimum Gasteiger partial charge on any atom is -0.462 e. The molecule has 0 bridgehead atoms. The first-order valence-corrected chi connectivity index (χ1v) is 10.1. The number of hydrogen-bond donors (Lipinski definition) is 1. The van der Waals surface area contributed by atoms with Crippen LogP contribution in [-0.2, 0) is 16.1 Å². The van der Waals surface area contributed by atoms with Crippen LogP contribution in [-0.4, -0.2) is 36.5 Å². The first-order chi connectivity index (χ1) is 14.0. The molecule has 1 amide bonds. The average molecular weight is 419 g/mol. The molecule has 2 aromatic carbocycles. The molecule has 1 aliphatic rings. The molecule has 1 saturated heterocycles. The Hall–Kier alpha value is -2.44. The van der Waals surface area contributed by atoms with Crippen molar-refractivity contribution >= 4 is 29.2 Å². The van der Waals surface area contributed by atoms with Gasteiger partial charge in [-0.05, 0) is 57.1 Å². The number of nitrogens with one attached hydrogen (secondary N) is 1. The van der Waals surface area contributed by atoms with E-state index in [4.69, 9.17) is 16.3 Å². The fourth-order valence-electron chi connectivity index (χ4n) is 3.43. The van der Waals surface area contributed by atoms with Crippen molar-refractivity contribution in [3.05, 3.63) is 64.4 Å². The van der Waals surface area contributed by atoms with Gasteiger partial charge in [-0.2, -0.15) is 0 Å². The summed E-state index contributed by atoms with van der Waals surface area (Å²) in [6.45, 7) is 4.00. The maximum absolute atomic E-state index is 13.8. The number of carbonyl (C=O) groups excluding carboxylic acids is 2. The van der Waals surface area contributed by atoms with Gasteiger partial charge in [0, 0.05) is 23.7 Å². The van der Waals surface area contributed by atoms with E-state index in [0.717, 1.165) is 13.1 Å². The molecule has 1 fully saturated rings. The summed E-state index contributed by atoms with van der Waals surface area (Å²) in [5, 5.41) is 3.11. The van der Waals surface area contributed by atoms with Gasteiger partial charge in [0.1, 0.15) is 5.82 Å². The lowest BCUT2D eigenvalue weighted by atomic mass is 9.95. The summed E-state index contributed by atoms with van der Waals surface area (Å²) < 4.78 is 18.8. The number of hydrogen-bond acceptors (Lipinski definition) is 4. The fraction of sp³-hybridized carbons (Fsp3) is 0.364. The second-order valence-corrected chi connectivity index (χ2v) is 7.45. The topological polar surface area (TPSA) is 58.6 Å². The Morgan fingerprint density at radius 2 is 1.93 bits per heavy atom. The maximum atomic E-state index is 13.8. The largest absolute Gasteiger partial charge is 0.462 e. The number of nitrogens with zero attached hydrogens (tertiary/aromatic N) is 1. The average Bonchev–Trinajstić information content (AvgIpc) is 2.70. The molecule has 3 rings (SSSR count). The zero-order valence-electron chi connectivity index (χ0n) is 16.3. The number of anilines is 1. The number of rotatable bonds is 6. The normalized spacial score (nSPS) is 15.1. The molecule has 154 valence electrons. The molecule has 29 heavy (non-hydrogen) atoms. The van der Waals surface area contributed by atoms with Crippen LogP contribution >= 0.6 is 11.6 Å². The summed E-state index contributed by atoms with van der Waals surface area (Å²) in [6.07, 6.45) is 1.41. The first kappa shape index (κ1) is 21.3. The minimum atomic E-state index is -0.488. The van der Waals surface area contributed by atoms with E-state index in [1.807, 2.05) is 6.07 Å². The highest BCUT2D eigenvalue weighted by atomic mass is 35.5. The molecule has 1 aliphatic heterocycles. The van der Waals surface area contributed by atoms with Crippen LogP contribution in [0, 0.1) is 11.7 Å². The summed E-state index contributed by atoms with van der Waals surface area (Å²) in [5.74, 6) is -0.876. The monoisotopic (exact) mass is 418 g/mol. The number of ether oxygens (including phenoxy) is 1. The molecule has 7 heteroatoms. The zero-order chi connectivity index (χ0) is 20.8. The Labute approximate surface area is 174 Å². The second-order valence-electron chi connectivity index (χ2n) is 7.05. The van der Waals surface area contributed by atoms with Crippen molar-refractivity contribution in [2.75, 3.05) is 25.0 Å². The molecule has 2 aromatic rings. The Bertz CT molecular complexity index is 882. The third-order valence-electron chi connectivity index (χ3n) is 5.04. The summed E-state index contributed by atoms with van der Waals surface area (Å²) in [4.78, 5) is 26.6. The Balaban J connectivity index is 1.53. The molecular formula is C22H24ClFN2O3.